The Morgan fingerprint density at radius 2 is 1.88 bits per heavy atom. The smallest absolute Gasteiger partial charge is 0.412 e. The van der Waals surface area contributed by atoms with Gasteiger partial charge in [-0.3, -0.25) is 10.1 Å². The summed E-state index contributed by atoms with van der Waals surface area (Å²) in [4.78, 5) is 25.8. The van der Waals surface area contributed by atoms with Crippen molar-refractivity contribution in [2.24, 2.45) is 5.92 Å². The fourth-order valence-corrected chi connectivity index (χ4v) is 4.88. The Morgan fingerprint density at radius 3 is 2.48 bits per heavy atom. The van der Waals surface area contributed by atoms with Crippen molar-refractivity contribution < 1.29 is 14.3 Å². The molecule has 0 spiro atoms. The minimum atomic E-state index is -0.584. The van der Waals surface area contributed by atoms with Gasteiger partial charge in [0.15, 0.2) is 0 Å². The van der Waals surface area contributed by atoms with Crippen LogP contribution in [-0.4, -0.2) is 23.0 Å². The largest absolute Gasteiger partial charge is 0.444 e. The van der Waals surface area contributed by atoms with Gasteiger partial charge in [-0.25, -0.2) is 4.79 Å². The first-order valence-corrected chi connectivity index (χ1v) is 12.0. The van der Waals surface area contributed by atoms with Crippen LogP contribution in [0.1, 0.15) is 71.4 Å². The van der Waals surface area contributed by atoms with Crippen LogP contribution >= 0.6 is 11.6 Å². The second-order valence-electron chi connectivity index (χ2n) is 10.2. The molecule has 0 aromatic heterocycles. The SMILES string of the molecule is CCCC1(Cc2ccccc2Cl)Nc2cc(NC(=O)OC(C)(C)C)ccc2C1C(=O)C(C)C. The number of carbonyl (C=O) groups is 2. The molecule has 2 atom stereocenters. The van der Waals surface area contributed by atoms with Gasteiger partial charge in [0.1, 0.15) is 11.4 Å². The molecule has 0 bridgehead atoms. The lowest BCUT2D eigenvalue weighted by atomic mass is 9.71. The molecule has 2 aromatic carbocycles. The number of ketones is 1. The summed E-state index contributed by atoms with van der Waals surface area (Å²) in [5, 5.41) is 7.21. The van der Waals surface area contributed by atoms with Crippen molar-refractivity contribution in [2.45, 2.75) is 77.9 Å². The highest BCUT2D eigenvalue weighted by Crippen LogP contribution is 2.49. The minimum absolute atomic E-state index is 0.107. The molecular formula is C27H35ClN2O3. The molecule has 33 heavy (non-hydrogen) atoms. The molecule has 178 valence electrons. The predicted octanol–water partition coefficient (Wildman–Crippen LogP) is 7.20. The number of halogens is 1. The Labute approximate surface area is 202 Å². The van der Waals surface area contributed by atoms with E-state index in [1.807, 2.05) is 77.1 Å². The van der Waals surface area contributed by atoms with Gasteiger partial charge in [-0.1, -0.05) is 63.1 Å². The van der Waals surface area contributed by atoms with Crippen molar-refractivity contribution in [3.8, 4) is 0 Å². The van der Waals surface area contributed by atoms with Gasteiger partial charge in [0, 0.05) is 22.3 Å². The molecule has 0 aliphatic carbocycles. The summed E-state index contributed by atoms with van der Waals surface area (Å²) in [6, 6.07) is 13.5. The van der Waals surface area contributed by atoms with Gasteiger partial charge >= 0.3 is 6.09 Å². The maximum absolute atomic E-state index is 13.5. The summed E-state index contributed by atoms with van der Waals surface area (Å²) in [7, 11) is 0. The van der Waals surface area contributed by atoms with Gasteiger partial charge < -0.3 is 10.1 Å². The summed E-state index contributed by atoms with van der Waals surface area (Å²) >= 11 is 6.53. The van der Waals surface area contributed by atoms with Crippen molar-refractivity contribution in [3.05, 3.63) is 58.6 Å². The van der Waals surface area contributed by atoms with E-state index in [4.69, 9.17) is 16.3 Å². The molecule has 0 fully saturated rings. The fourth-order valence-electron chi connectivity index (χ4n) is 4.68. The highest BCUT2D eigenvalue weighted by Gasteiger charge is 2.49. The van der Waals surface area contributed by atoms with E-state index in [9.17, 15) is 9.59 Å². The molecule has 0 saturated heterocycles. The Bertz CT molecular complexity index is 1030. The Morgan fingerprint density at radius 1 is 1.18 bits per heavy atom. The number of carbonyl (C=O) groups excluding carboxylic acids is 2. The number of ether oxygens (including phenoxy) is 1. The quantitative estimate of drug-likeness (QED) is 0.448. The van der Waals surface area contributed by atoms with Crippen molar-refractivity contribution in [3.63, 3.8) is 0 Å². The standard InChI is InChI=1S/C27H35ClN2O3/c1-7-14-27(16-18-10-8-9-11-21(18)28)23(24(31)17(2)3)20-13-12-19(15-22(20)30-27)29-25(32)33-26(4,5)6/h8-13,15,17,23,30H,7,14,16H2,1-6H3,(H,29,32). The topological polar surface area (TPSA) is 67.4 Å². The molecule has 2 unspecified atom stereocenters. The Hall–Kier alpha value is -2.53. The first kappa shape index (κ1) is 25.1. The average Bonchev–Trinajstić information content (AvgIpc) is 3.00. The first-order chi connectivity index (χ1) is 15.5. The molecule has 1 amide bonds. The van der Waals surface area contributed by atoms with Crippen molar-refractivity contribution >= 4 is 34.9 Å². The van der Waals surface area contributed by atoms with Gasteiger partial charge in [0.2, 0.25) is 0 Å². The van der Waals surface area contributed by atoms with Gasteiger partial charge in [-0.15, -0.1) is 0 Å². The number of benzene rings is 2. The third-order valence-corrected chi connectivity index (χ3v) is 6.33. The predicted molar refractivity (Wildman–Crippen MR) is 135 cm³/mol. The minimum Gasteiger partial charge on any atom is -0.444 e. The molecule has 0 radical (unpaired) electrons. The molecule has 1 aliphatic heterocycles. The third kappa shape index (κ3) is 5.70. The fraction of sp³-hybridized carbons (Fsp3) is 0.481. The molecule has 1 heterocycles. The van der Waals surface area contributed by atoms with E-state index in [1.54, 1.807) is 0 Å². The van der Waals surface area contributed by atoms with Crippen LogP contribution in [0, 0.1) is 5.92 Å². The zero-order valence-corrected chi connectivity index (χ0v) is 21.2. The van der Waals surface area contributed by atoms with Crippen molar-refractivity contribution in [2.75, 3.05) is 10.6 Å². The van der Waals surface area contributed by atoms with Gasteiger partial charge in [-0.05, 0) is 62.9 Å². The molecular weight excluding hydrogens is 436 g/mol. The van der Waals surface area contributed by atoms with E-state index in [-0.39, 0.29) is 17.6 Å². The molecule has 5 nitrogen and oxygen atoms in total. The molecule has 6 heteroatoms. The van der Waals surface area contributed by atoms with Crippen molar-refractivity contribution in [1.29, 1.82) is 0 Å². The van der Waals surface area contributed by atoms with Crippen LogP contribution in [0.4, 0.5) is 16.2 Å². The van der Waals surface area contributed by atoms with E-state index in [2.05, 4.69) is 17.6 Å². The Balaban J connectivity index is 2.01. The molecule has 3 rings (SSSR count). The van der Waals surface area contributed by atoms with Crippen LogP contribution < -0.4 is 10.6 Å². The number of anilines is 2. The second-order valence-corrected chi connectivity index (χ2v) is 10.6. The highest BCUT2D eigenvalue weighted by atomic mass is 35.5. The van der Waals surface area contributed by atoms with Crippen LogP contribution in [0.15, 0.2) is 42.5 Å². The summed E-state index contributed by atoms with van der Waals surface area (Å²) in [5.41, 5.74) is 2.39. The van der Waals surface area contributed by atoms with E-state index < -0.39 is 17.2 Å². The summed E-state index contributed by atoms with van der Waals surface area (Å²) in [6.45, 7) is 11.5. The van der Waals surface area contributed by atoms with Gasteiger partial charge in [0.25, 0.3) is 0 Å². The van der Waals surface area contributed by atoms with Crippen LogP contribution in [0.3, 0.4) is 0 Å². The summed E-state index contributed by atoms with van der Waals surface area (Å²) < 4.78 is 5.38. The number of amides is 1. The lowest BCUT2D eigenvalue weighted by Gasteiger charge is -2.37. The van der Waals surface area contributed by atoms with Crippen LogP contribution in [0.25, 0.3) is 0 Å². The average molecular weight is 471 g/mol. The lowest BCUT2D eigenvalue weighted by Crippen LogP contribution is -2.46. The summed E-state index contributed by atoms with van der Waals surface area (Å²) in [5.74, 6) is -0.210. The van der Waals surface area contributed by atoms with Gasteiger partial charge in [0.05, 0.1) is 11.5 Å². The maximum Gasteiger partial charge on any atom is 0.412 e. The number of hydrogen-bond acceptors (Lipinski definition) is 4. The highest BCUT2D eigenvalue weighted by molar-refractivity contribution is 6.31. The zero-order chi connectivity index (χ0) is 24.4. The molecule has 2 aromatic rings. The van der Waals surface area contributed by atoms with Crippen LogP contribution in [0.5, 0.6) is 0 Å². The van der Waals surface area contributed by atoms with Crippen LogP contribution in [-0.2, 0) is 16.0 Å². The number of fused-ring (bicyclic) bond motifs is 1. The maximum atomic E-state index is 13.5. The van der Waals surface area contributed by atoms with Crippen LogP contribution in [0.2, 0.25) is 5.02 Å². The normalized spacial score (nSPS) is 19.7. The summed E-state index contributed by atoms with van der Waals surface area (Å²) in [6.07, 6.45) is 1.85. The molecule has 1 aliphatic rings. The number of nitrogens with one attached hydrogen (secondary N) is 2. The van der Waals surface area contributed by atoms with E-state index in [0.717, 1.165) is 29.7 Å². The van der Waals surface area contributed by atoms with Gasteiger partial charge in [-0.2, -0.15) is 0 Å². The number of Topliss-reactive ketones (excluding diaryl/α,β-unsaturated/α-hetero) is 1. The number of rotatable bonds is 7. The van der Waals surface area contributed by atoms with E-state index in [0.29, 0.717) is 17.1 Å². The molecule has 0 saturated carbocycles. The second kappa shape index (κ2) is 9.76. The lowest BCUT2D eigenvalue weighted by molar-refractivity contribution is -0.124. The van der Waals surface area contributed by atoms with E-state index >= 15 is 0 Å². The monoisotopic (exact) mass is 470 g/mol. The number of hydrogen-bond donors (Lipinski definition) is 2. The molecule has 2 N–H and O–H groups in total. The third-order valence-electron chi connectivity index (χ3n) is 5.96. The zero-order valence-electron chi connectivity index (χ0n) is 20.4. The van der Waals surface area contributed by atoms with E-state index in [1.165, 1.54) is 0 Å². The Kier molecular flexibility index (Phi) is 7.42. The first-order valence-electron chi connectivity index (χ1n) is 11.6. The van der Waals surface area contributed by atoms with Crippen molar-refractivity contribution in [1.82, 2.24) is 0 Å².